The van der Waals surface area contributed by atoms with Gasteiger partial charge in [0.1, 0.15) is 30.3 Å². The molecule has 5 rings (SSSR count). The molecule has 0 spiro atoms. The van der Waals surface area contributed by atoms with E-state index in [9.17, 15) is 14.7 Å². The van der Waals surface area contributed by atoms with E-state index >= 15 is 0 Å². The Bertz CT molecular complexity index is 1050. The zero-order chi connectivity index (χ0) is 23.7. The fourth-order valence-corrected chi connectivity index (χ4v) is 5.37. The Morgan fingerprint density at radius 3 is 2.53 bits per heavy atom. The number of imide groups is 1. The Labute approximate surface area is 198 Å². The number of piperidine rings is 1. The molecule has 0 aliphatic carbocycles. The molecule has 3 amide bonds. The van der Waals surface area contributed by atoms with Crippen LogP contribution in [-0.2, 0) is 17.9 Å². The molecule has 2 saturated heterocycles. The van der Waals surface area contributed by atoms with Gasteiger partial charge in [0.25, 0.3) is 5.91 Å². The maximum Gasteiger partial charge on any atom is 0.325 e. The van der Waals surface area contributed by atoms with E-state index in [-0.39, 0.29) is 37.6 Å². The molecule has 0 saturated carbocycles. The molecular weight excluding hydrogens is 438 g/mol. The van der Waals surface area contributed by atoms with Crippen molar-refractivity contribution in [2.75, 3.05) is 26.2 Å². The highest BCUT2D eigenvalue weighted by Crippen LogP contribution is 2.37. The number of rotatable bonds is 7. The maximum atomic E-state index is 13.6. The van der Waals surface area contributed by atoms with Gasteiger partial charge in [0.05, 0.1) is 13.1 Å². The van der Waals surface area contributed by atoms with Crippen molar-refractivity contribution in [3.63, 3.8) is 0 Å². The molecule has 0 bridgehead atoms. The SMILES string of the molecule is CCC1(C2CCN(Cc3ccc(CO)o3)CC2)NC(=O)N(CC2COc3ccccc3O2)C1=O. The van der Waals surface area contributed by atoms with Gasteiger partial charge in [-0.1, -0.05) is 19.1 Å². The minimum atomic E-state index is -0.884. The highest BCUT2D eigenvalue weighted by molar-refractivity contribution is 6.07. The number of aliphatic hydroxyl groups excluding tert-OH is 1. The van der Waals surface area contributed by atoms with Crippen LogP contribution in [-0.4, -0.2) is 64.7 Å². The lowest BCUT2D eigenvalue weighted by Crippen LogP contribution is -2.56. The predicted octanol–water partition coefficient (Wildman–Crippen LogP) is 2.52. The Morgan fingerprint density at radius 1 is 1.09 bits per heavy atom. The number of nitrogens with zero attached hydrogens (tertiary/aromatic N) is 2. The molecule has 2 aromatic rings. The van der Waals surface area contributed by atoms with Crippen LogP contribution in [0.15, 0.2) is 40.8 Å². The third kappa shape index (κ3) is 4.14. The van der Waals surface area contributed by atoms with E-state index in [0.29, 0.717) is 30.2 Å². The number of aliphatic hydroxyl groups is 1. The molecule has 3 aliphatic heterocycles. The summed E-state index contributed by atoms with van der Waals surface area (Å²) in [6.45, 7) is 4.58. The largest absolute Gasteiger partial charge is 0.486 e. The summed E-state index contributed by atoms with van der Waals surface area (Å²) < 4.78 is 17.4. The van der Waals surface area contributed by atoms with Gasteiger partial charge in [-0.3, -0.25) is 14.6 Å². The second-order valence-corrected chi connectivity index (χ2v) is 9.24. The number of hydrogen-bond acceptors (Lipinski definition) is 7. The van der Waals surface area contributed by atoms with Crippen LogP contribution in [0.2, 0.25) is 0 Å². The van der Waals surface area contributed by atoms with Gasteiger partial charge >= 0.3 is 6.03 Å². The van der Waals surface area contributed by atoms with Gasteiger partial charge < -0.3 is 24.3 Å². The van der Waals surface area contributed by atoms with Crippen molar-refractivity contribution in [3.05, 3.63) is 47.9 Å². The molecule has 4 heterocycles. The molecule has 182 valence electrons. The van der Waals surface area contributed by atoms with E-state index in [1.165, 1.54) is 4.90 Å². The van der Waals surface area contributed by atoms with Gasteiger partial charge in [-0.05, 0) is 62.5 Å². The first kappa shape index (κ1) is 22.7. The fraction of sp³-hybridized carbons (Fsp3) is 0.520. The van der Waals surface area contributed by atoms with Crippen LogP contribution >= 0.6 is 0 Å². The van der Waals surface area contributed by atoms with Crippen LogP contribution in [0.3, 0.4) is 0 Å². The summed E-state index contributed by atoms with van der Waals surface area (Å²) in [5.74, 6) is 2.57. The number of carbonyl (C=O) groups is 2. The van der Waals surface area contributed by atoms with Gasteiger partial charge in [0.2, 0.25) is 0 Å². The molecule has 2 N–H and O–H groups in total. The van der Waals surface area contributed by atoms with Gasteiger partial charge in [0, 0.05) is 0 Å². The van der Waals surface area contributed by atoms with Crippen molar-refractivity contribution in [2.24, 2.45) is 5.92 Å². The lowest BCUT2D eigenvalue weighted by Gasteiger charge is -2.40. The molecule has 1 aromatic carbocycles. The van der Waals surface area contributed by atoms with Crippen molar-refractivity contribution in [2.45, 2.75) is 51.0 Å². The topological polar surface area (TPSA) is 104 Å². The number of likely N-dealkylation sites (tertiary alicyclic amines) is 1. The average molecular weight is 470 g/mol. The monoisotopic (exact) mass is 469 g/mol. The van der Waals surface area contributed by atoms with E-state index in [0.717, 1.165) is 31.7 Å². The van der Waals surface area contributed by atoms with Crippen LogP contribution in [0.5, 0.6) is 11.5 Å². The summed E-state index contributed by atoms with van der Waals surface area (Å²) in [5.41, 5.74) is -0.884. The number of hydrogen-bond donors (Lipinski definition) is 2. The molecule has 2 fully saturated rings. The third-order valence-corrected chi connectivity index (χ3v) is 7.25. The molecule has 2 atom stereocenters. The Hall–Kier alpha value is -3.04. The average Bonchev–Trinajstić information content (AvgIpc) is 3.42. The number of carbonyl (C=O) groups excluding carboxylic acids is 2. The Balaban J connectivity index is 1.21. The number of para-hydroxylation sites is 2. The van der Waals surface area contributed by atoms with Crippen molar-refractivity contribution < 1.29 is 28.6 Å². The molecular formula is C25H31N3O6. The number of amides is 3. The first-order valence-corrected chi connectivity index (χ1v) is 12.0. The minimum absolute atomic E-state index is 0.0593. The number of benzene rings is 1. The normalized spacial score (nSPS) is 25.6. The van der Waals surface area contributed by atoms with E-state index in [2.05, 4.69) is 10.2 Å². The molecule has 34 heavy (non-hydrogen) atoms. The molecule has 2 unspecified atom stereocenters. The Kier molecular flexibility index (Phi) is 6.22. The van der Waals surface area contributed by atoms with Crippen LogP contribution < -0.4 is 14.8 Å². The molecule has 1 aromatic heterocycles. The van der Waals surface area contributed by atoms with E-state index in [1.807, 2.05) is 37.3 Å². The highest BCUT2D eigenvalue weighted by atomic mass is 16.6. The highest BCUT2D eigenvalue weighted by Gasteiger charge is 2.55. The summed E-state index contributed by atoms with van der Waals surface area (Å²) >= 11 is 0. The predicted molar refractivity (Wildman–Crippen MR) is 122 cm³/mol. The van der Waals surface area contributed by atoms with Gasteiger partial charge in [0.15, 0.2) is 17.6 Å². The lowest BCUT2D eigenvalue weighted by molar-refractivity contribution is -0.135. The zero-order valence-electron chi connectivity index (χ0n) is 19.4. The maximum absolute atomic E-state index is 13.6. The van der Waals surface area contributed by atoms with Crippen molar-refractivity contribution in [3.8, 4) is 11.5 Å². The van der Waals surface area contributed by atoms with Crippen LogP contribution in [0, 0.1) is 5.92 Å². The third-order valence-electron chi connectivity index (χ3n) is 7.25. The van der Waals surface area contributed by atoms with E-state index in [1.54, 1.807) is 6.07 Å². The molecule has 0 radical (unpaired) electrons. The first-order chi connectivity index (χ1) is 16.5. The number of furan rings is 1. The molecule has 9 heteroatoms. The molecule has 3 aliphatic rings. The van der Waals surface area contributed by atoms with Crippen LogP contribution in [0.25, 0.3) is 0 Å². The number of fused-ring (bicyclic) bond motifs is 1. The van der Waals surface area contributed by atoms with Crippen molar-refractivity contribution >= 4 is 11.9 Å². The quantitative estimate of drug-likeness (QED) is 0.601. The Morgan fingerprint density at radius 2 is 1.82 bits per heavy atom. The van der Waals surface area contributed by atoms with Crippen LogP contribution in [0.4, 0.5) is 4.79 Å². The second kappa shape index (κ2) is 9.31. The summed E-state index contributed by atoms with van der Waals surface area (Å²) in [6, 6.07) is 10.7. The summed E-state index contributed by atoms with van der Waals surface area (Å²) in [4.78, 5) is 30.1. The molecule has 9 nitrogen and oxygen atoms in total. The summed E-state index contributed by atoms with van der Waals surface area (Å²) in [5, 5.41) is 12.2. The standard InChI is InChI=1S/C25H31N3O6/c1-2-25(17-9-11-27(12-10-17)13-18-7-8-19(15-29)33-18)23(30)28(24(31)26-25)14-20-16-32-21-5-3-4-6-22(21)34-20/h3-8,17,20,29H,2,9-16H2,1H3,(H,26,31). The summed E-state index contributed by atoms with van der Waals surface area (Å²) in [7, 11) is 0. The number of nitrogens with one attached hydrogen (secondary N) is 1. The number of ether oxygens (including phenoxy) is 2. The van der Waals surface area contributed by atoms with E-state index < -0.39 is 11.6 Å². The number of urea groups is 1. The smallest absolute Gasteiger partial charge is 0.325 e. The fourth-order valence-electron chi connectivity index (χ4n) is 5.37. The van der Waals surface area contributed by atoms with Crippen molar-refractivity contribution in [1.29, 1.82) is 0 Å². The van der Waals surface area contributed by atoms with Crippen LogP contribution in [0.1, 0.15) is 37.7 Å². The summed E-state index contributed by atoms with van der Waals surface area (Å²) in [6.07, 6.45) is 1.74. The van der Waals surface area contributed by atoms with E-state index in [4.69, 9.17) is 13.9 Å². The lowest BCUT2D eigenvalue weighted by atomic mass is 9.75. The van der Waals surface area contributed by atoms with Crippen molar-refractivity contribution in [1.82, 2.24) is 15.1 Å². The first-order valence-electron chi connectivity index (χ1n) is 12.0. The minimum Gasteiger partial charge on any atom is -0.486 e. The van der Waals surface area contributed by atoms with Gasteiger partial charge in [-0.25, -0.2) is 4.79 Å². The van der Waals surface area contributed by atoms with Gasteiger partial charge in [-0.15, -0.1) is 0 Å². The zero-order valence-corrected chi connectivity index (χ0v) is 19.4. The second-order valence-electron chi connectivity index (χ2n) is 9.24. The van der Waals surface area contributed by atoms with Gasteiger partial charge in [-0.2, -0.15) is 0 Å².